The number of rotatable bonds is 12. The summed E-state index contributed by atoms with van der Waals surface area (Å²) in [5.41, 5.74) is 4.71. The molecule has 0 bridgehead atoms. The fourth-order valence-electron chi connectivity index (χ4n) is 3.14. The fourth-order valence-corrected chi connectivity index (χ4v) is 3.40. The van der Waals surface area contributed by atoms with Gasteiger partial charge >= 0.3 is 0 Å². The van der Waals surface area contributed by atoms with Crippen LogP contribution in [0, 0.1) is 5.82 Å². The van der Waals surface area contributed by atoms with Crippen molar-refractivity contribution >= 4 is 39.6 Å². The third-order valence-electron chi connectivity index (χ3n) is 4.91. The van der Waals surface area contributed by atoms with E-state index >= 15 is 0 Å². The number of carbonyl (C=O) groups excluding carboxylic acids is 2. The van der Waals surface area contributed by atoms with Gasteiger partial charge in [-0.15, -0.1) is 0 Å². The van der Waals surface area contributed by atoms with E-state index < -0.39 is 0 Å². The number of nitrogens with zero attached hydrogens (tertiary/aromatic N) is 1. The van der Waals surface area contributed by atoms with Crippen LogP contribution < -0.4 is 20.2 Å². The van der Waals surface area contributed by atoms with E-state index in [4.69, 9.17) is 9.47 Å². The minimum atomic E-state index is -0.299. The van der Waals surface area contributed by atoms with E-state index in [2.05, 4.69) is 31.8 Å². The lowest BCUT2D eigenvalue weighted by Crippen LogP contribution is -2.18. The van der Waals surface area contributed by atoms with Crippen LogP contribution >= 0.6 is 15.9 Å². The van der Waals surface area contributed by atoms with E-state index in [1.165, 1.54) is 18.3 Å². The third kappa shape index (κ3) is 9.14. The largest absolute Gasteiger partial charge is 0.490 e. The second-order valence-corrected chi connectivity index (χ2v) is 8.67. The zero-order valence-electron chi connectivity index (χ0n) is 19.8. The SMILES string of the molecule is CCOc1cc(/C=N\NC(=O)CCCC(=O)Nc2ccc(Br)cc2)ccc1OCc1ccc(F)cc1. The minimum absolute atomic E-state index is 0.154. The maximum atomic E-state index is 13.1. The Bertz CT molecular complexity index is 1180. The van der Waals surface area contributed by atoms with Gasteiger partial charge in [0.15, 0.2) is 11.5 Å². The first kappa shape index (κ1) is 26.9. The standard InChI is InChI=1S/C27H27BrFN3O4/c1-2-35-25-16-20(8-15-24(25)36-18-19-6-11-22(29)12-7-19)17-30-32-27(34)5-3-4-26(33)31-23-13-9-21(28)10-14-23/h6-17H,2-5,18H2,1H3,(H,31,33)(H,32,34)/b30-17-. The highest BCUT2D eigenvalue weighted by atomic mass is 79.9. The van der Waals surface area contributed by atoms with Crippen molar-refractivity contribution in [3.63, 3.8) is 0 Å². The van der Waals surface area contributed by atoms with Gasteiger partial charge in [0.2, 0.25) is 11.8 Å². The summed E-state index contributed by atoms with van der Waals surface area (Å²) in [6.07, 6.45) is 2.30. The Morgan fingerprint density at radius 1 is 0.944 bits per heavy atom. The number of amides is 2. The van der Waals surface area contributed by atoms with Crippen LogP contribution in [0.3, 0.4) is 0 Å². The molecule has 0 heterocycles. The van der Waals surface area contributed by atoms with Crippen molar-refractivity contribution in [3.8, 4) is 11.5 Å². The molecule has 2 N–H and O–H groups in total. The molecule has 3 aromatic carbocycles. The predicted octanol–water partition coefficient (Wildman–Crippen LogP) is 5.83. The molecule has 0 aliphatic heterocycles. The minimum Gasteiger partial charge on any atom is -0.490 e. The summed E-state index contributed by atoms with van der Waals surface area (Å²) >= 11 is 3.34. The molecule has 0 saturated carbocycles. The fraction of sp³-hybridized carbons (Fsp3) is 0.222. The Kier molecular flexibility index (Phi) is 10.4. The molecule has 9 heteroatoms. The van der Waals surface area contributed by atoms with E-state index in [1.54, 1.807) is 42.5 Å². The van der Waals surface area contributed by atoms with Crippen molar-refractivity contribution in [3.05, 3.63) is 88.1 Å². The van der Waals surface area contributed by atoms with Crippen molar-refractivity contribution in [2.24, 2.45) is 5.10 Å². The molecule has 0 aliphatic rings. The number of carbonyl (C=O) groups is 2. The molecular weight excluding hydrogens is 529 g/mol. The molecule has 36 heavy (non-hydrogen) atoms. The number of anilines is 1. The first-order valence-corrected chi connectivity index (χ1v) is 12.2. The smallest absolute Gasteiger partial charge is 0.240 e. The number of hydrogen-bond acceptors (Lipinski definition) is 5. The summed E-state index contributed by atoms with van der Waals surface area (Å²) in [6.45, 7) is 2.58. The first-order valence-electron chi connectivity index (χ1n) is 11.4. The Labute approximate surface area is 217 Å². The third-order valence-corrected chi connectivity index (χ3v) is 5.44. The van der Waals surface area contributed by atoms with E-state index in [0.29, 0.717) is 35.8 Å². The van der Waals surface area contributed by atoms with Gasteiger partial charge in [-0.25, -0.2) is 9.82 Å². The summed E-state index contributed by atoms with van der Waals surface area (Å²) in [5, 5.41) is 6.78. The molecule has 0 aromatic heterocycles. The van der Waals surface area contributed by atoms with E-state index in [0.717, 1.165) is 10.0 Å². The van der Waals surface area contributed by atoms with Gasteiger partial charge in [0.25, 0.3) is 0 Å². The summed E-state index contributed by atoms with van der Waals surface area (Å²) in [7, 11) is 0. The number of benzene rings is 3. The number of nitrogens with one attached hydrogen (secondary N) is 2. The summed E-state index contributed by atoms with van der Waals surface area (Å²) in [4.78, 5) is 24.1. The normalized spacial score (nSPS) is 10.8. The van der Waals surface area contributed by atoms with Gasteiger partial charge in [-0.2, -0.15) is 5.10 Å². The highest BCUT2D eigenvalue weighted by Gasteiger charge is 2.08. The molecule has 0 unspecified atom stereocenters. The first-order chi connectivity index (χ1) is 17.4. The number of ether oxygens (including phenoxy) is 2. The Hall–Kier alpha value is -3.72. The van der Waals surface area contributed by atoms with Gasteiger partial charge in [-0.3, -0.25) is 9.59 Å². The quantitative estimate of drug-likeness (QED) is 0.217. The lowest BCUT2D eigenvalue weighted by atomic mass is 10.2. The van der Waals surface area contributed by atoms with Crippen molar-refractivity contribution in [1.82, 2.24) is 5.43 Å². The van der Waals surface area contributed by atoms with Crippen LogP contribution in [0.1, 0.15) is 37.3 Å². The molecular formula is C27H27BrFN3O4. The van der Waals surface area contributed by atoms with E-state index in [-0.39, 0.29) is 37.1 Å². The highest BCUT2D eigenvalue weighted by Crippen LogP contribution is 2.29. The molecule has 3 rings (SSSR count). The monoisotopic (exact) mass is 555 g/mol. The maximum Gasteiger partial charge on any atom is 0.240 e. The zero-order chi connectivity index (χ0) is 25.8. The van der Waals surface area contributed by atoms with Crippen LogP contribution in [-0.4, -0.2) is 24.6 Å². The Morgan fingerprint density at radius 3 is 2.39 bits per heavy atom. The molecule has 188 valence electrons. The highest BCUT2D eigenvalue weighted by molar-refractivity contribution is 9.10. The average Bonchev–Trinajstić information content (AvgIpc) is 2.86. The molecule has 0 radical (unpaired) electrons. The lowest BCUT2D eigenvalue weighted by Gasteiger charge is -2.12. The van der Waals surface area contributed by atoms with Gasteiger partial charge in [0.05, 0.1) is 12.8 Å². The molecule has 0 aliphatic carbocycles. The topological polar surface area (TPSA) is 89.0 Å². The number of hydrogen-bond donors (Lipinski definition) is 2. The second-order valence-electron chi connectivity index (χ2n) is 7.76. The second kappa shape index (κ2) is 14.0. The maximum absolute atomic E-state index is 13.1. The van der Waals surface area contributed by atoms with Crippen molar-refractivity contribution in [1.29, 1.82) is 0 Å². The molecule has 0 atom stereocenters. The van der Waals surface area contributed by atoms with Gasteiger partial charge in [0.1, 0.15) is 12.4 Å². The van der Waals surface area contributed by atoms with Crippen LogP contribution in [0.15, 0.2) is 76.3 Å². The van der Waals surface area contributed by atoms with Crippen LogP contribution in [0.25, 0.3) is 0 Å². The van der Waals surface area contributed by atoms with Crippen molar-refractivity contribution in [2.75, 3.05) is 11.9 Å². The zero-order valence-corrected chi connectivity index (χ0v) is 21.4. The molecule has 0 saturated heterocycles. The molecule has 0 fully saturated rings. The van der Waals surface area contributed by atoms with E-state index in [1.807, 2.05) is 19.1 Å². The number of halogens is 2. The van der Waals surface area contributed by atoms with Gasteiger partial charge in [-0.1, -0.05) is 28.1 Å². The van der Waals surface area contributed by atoms with Crippen LogP contribution in [0.5, 0.6) is 11.5 Å². The van der Waals surface area contributed by atoms with Crippen molar-refractivity contribution < 1.29 is 23.5 Å². The Balaban J connectivity index is 1.44. The van der Waals surface area contributed by atoms with Crippen LogP contribution in [0.2, 0.25) is 0 Å². The number of hydrazone groups is 1. The summed E-state index contributed by atoms with van der Waals surface area (Å²) in [5.74, 6) is 0.341. The molecule has 2 amide bonds. The Morgan fingerprint density at radius 2 is 1.67 bits per heavy atom. The molecule has 0 spiro atoms. The van der Waals surface area contributed by atoms with E-state index in [9.17, 15) is 14.0 Å². The van der Waals surface area contributed by atoms with Gasteiger partial charge < -0.3 is 14.8 Å². The predicted molar refractivity (Wildman–Crippen MR) is 141 cm³/mol. The summed E-state index contributed by atoms with van der Waals surface area (Å²) < 4.78 is 25.5. The van der Waals surface area contributed by atoms with Crippen LogP contribution in [-0.2, 0) is 16.2 Å². The lowest BCUT2D eigenvalue weighted by molar-refractivity contribution is -0.121. The van der Waals surface area contributed by atoms with Gasteiger partial charge in [-0.05, 0) is 79.1 Å². The molecule has 7 nitrogen and oxygen atoms in total. The van der Waals surface area contributed by atoms with Crippen molar-refractivity contribution in [2.45, 2.75) is 32.8 Å². The van der Waals surface area contributed by atoms with Crippen LogP contribution in [0.4, 0.5) is 10.1 Å². The average molecular weight is 556 g/mol. The summed E-state index contributed by atoms with van der Waals surface area (Å²) in [6, 6.07) is 18.7. The van der Waals surface area contributed by atoms with Gasteiger partial charge in [0, 0.05) is 23.0 Å². The molecule has 3 aromatic rings.